The van der Waals surface area contributed by atoms with Gasteiger partial charge in [-0.1, -0.05) is 65.3 Å². The summed E-state index contributed by atoms with van der Waals surface area (Å²) in [7, 11) is 0. The van der Waals surface area contributed by atoms with Gasteiger partial charge in [-0.05, 0) is 18.3 Å². The zero-order chi connectivity index (χ0) is 18.8. The van der Waals surface area contributed by atoms with Gasteiger partial charge in [0.25, 0.3) is 0 Å². The summed E-state index contributed by atoms with van der Waals surface area (Å²) in [4.78, 5) is 0. The maximum Gasteiger partial charge on any atom is 0.166 e. The third-order valence-corrected chi connectivity index (χ3v) is 4.97. The highest BCUT2D eigenvalue weighted by Crippen LogP contribution is 2.52. The van der Waals surface area contributed by atoms with Crippen LogP contribution in [-0.2, 0) is 4.74 Å². The Kier molecular flexibility index (Phi) is 6.48. The molecule has 24 heavy (non-hydrogen) atoms. The van der Waals surface area contributed by atoms with Crippen LogP contribution in [0.15, 0.2) is 23.8 Å². The Morgan fingerprint density at radius 1 is 1.25 bits per heavy atom. The van der Waals surface area contributed by atoms with Gasteiger partial charge >= 0.3 is 0 Å². The Balaban J connectivity index is 3.00. The predicted molar refractivity (Wildman–Crippen MR) is 97.5 cm³/mol. The molecule has 1 aliphatic carbocycles. The van der Waals surface area contributed by atoms with Crippen LogP contribution in [0.2, 0.25) is 0 Å². The number of hydrogen-bond acceptors (Lipinski definition) is 4. The zero-order valence-electron chi connectivity index (χ0n) is 16.4. The highest BCUT2D eigenvalue weighted by molar-refractivity contribution is 5.23. The molecule has 0 amide bonds. The van der Waals surface area contributed by atoms with Gasteiger partial charge in [-0.2, -0.15) is 0 Å². The van der Waals surface area contributed by atoms with E-state index in [4.69, 9.17) is 9.84 Å². The van der Waals surface area contributed by atoms with Gasteiger partial charge in [-0.25, -0.2) is 0 Å². The fourth-order valence-corrected chi connectivity index (χ4v) is 3.53. The monoisotopic (exact) mass is 340 g/mol. The molecule has 1 fully saturated rings. The Hall–Kier alpha value is -0.680. The molecule has 0 heterocycles. The third kappa shape index (κ3) is 5.16. The summed E-state index contributed by atoms with van der Waals surface area (Å²) >= 11 is 0. The quantitative estimate of drug-likeness (QED) is 0.530. The minimum Gasteiger partial charge on any atom is -0.392 e. The molecule has 0 aromatic rings. The van der Waals surface area contributed by atoms with E-state index in [1.165, 1.54) is 0 Å². The molecule has 1 saturated carbocycles. The smallest absolute Gasteiger partial charge is 0.166 e. The molecule has 0 radical (unpaired) electrons. The van der Waals surface area contributed by atoms with Crippen LogP contribution in [0.1, 0.15) is 61.3 Å². The first-order valence-electron chi connectivity index (χ1n) is 8.80. The van der Waals surface area contributed by atoms with Gasteiger partial charge in [0.05, 0.1) is 18.8 Å². The van der Waals surface area contributed by atoms with Gasteiger partial charge in [0.15, 0.2) is 5.79 Å². The van der Waals surface area contributed by atoms with Gasteiger partial charge < -0.3 is 20.1 Å². The Morgan fingerprint density at radius 2 is 1.83 bits per heavy atom. The van der Waals surface area contributed by atoms with Gasteiger partial charge in [0.1, 0.15) is 0 Å². The number of allylic oxidation sites excluding steroid dienone is 2. The first-order valence-corrected chi connectivity index (χ1v) is 8.80. The number of aliphatic hydroxyl groups is 3. The number of rotatable bonds is 5. The SMILES string of the molecule is CC(=C/CO)/C=C/C1(O)C(C)CC(O)(OCC(C)(C)C)CC1(C)C. The van der Waals surface area contributed by atoms with Crippen LogP contribution in [0.4, 0.5) is 0 Å². The minimum absolute atomic E-state index is 0.0199. The van der Waals surface area contributed by atoms with E-state index in [1.807, 2.05) is 39.8 Å². The van der Waals surface area contributed by atoms with Gasteiger partial charge in [-0.15, -0.1) is 0 Å². The summed E-state index contributed by atoms with van der Waals surface area (Å²) in [6.07, 6.45) is 6.10. The lowest BCUT2D eigenvalue weighted by Gasteiger charge is -2.54. The van der Waals surface area contributed by atoms with E-state index in [0.717, 1.165) is 5.57 Å². The highest BCUT2D eigenvalue weighted by Gasteiger charge is 2.56. The van der Waals surface area contributed by atoms with E-state index >= 15 is 0 Å². The molecule has 4 nitrogen and oxygen atoms in total. The van der Waals surface area contributed by atoms with Crippen molar-refractivity contribution < 1.29 is 20.1 Å². The van der Waals surface area contributed by atoms with Crippen molar-refractivity contribution in [1.29, 1.82) is 0 Å². The molecule has 0 aromatic carbocycles. The highest BCUT2D eigenvalue weighted by atomic mass is 16.6. The molecule has 4 heteroatoms. The van der Waals surface area contributed by atoms with Crippen LogP contribution in [-0.4, -0.2) is 39.9 Å². The molecule has 0 spiro atoms. The molecule has 140 valence electrons. The van der Waals surface area contributed by atoms with E-state index in [0.29, 0.717) is 19.4 Å². The Morgan fingerprint density at radius 3 is 2.29 bits per heavy atom. The number of hydrogen-bond donors (Lipinski definition) is 3. The summed E-state index contributed by atoms with van der Waals surface area (Å²) in [5.41, 5.74) is -0.718. The topological polar surface area (TPSA) is 69.9 Å². The molecule has 0 bridgehead atoms. The summed E-state index contributed by atoms with van der Waals surface area (Å²) < 4.78 is 5.87. The Bertz CT molecular complexity index is 486. The molecule has 3 unspecified atom stereocenters. The Labute approximate surface area is 147 Å². The van der Waals surface area contributed by atoms with Crippen LogP contribution >= 0.6 is 0 Å². The molecular weight excluding hydrogens is 304 g/mol. The van der Waals surface area contributed by atoms with Crippen molar-refractivity contribution in [3.63, 3.8) is 0 Å². The maximum atomic E-state index is 11.3. The fraction of sp³-hybridized carbons (Fsp3) is 0.800. The zero-order valence-corrected chi connectivity index (χ0v) is 16.4. The molecule has 3 atom stereocenters. The first-order chi connectivity index (χ1) is 10.7. The molecule has 0 saturated heterocycles. The second-order valence-electron chi connectivity index (χ2n) is 9.25. The van der Waals surface area contributed by atoms with Crippen molar-refractivity contribution in [2.75, 3.05) is 13.2 Å². The van der Waals surface area contributed by atoms with Crippen molar-refractivity contribution in [2.24, 2.45) is 16.7 Å². The van der Waals surface area contributed by atoms with Crippen molar-refractivity contribution in [1.82, 2.24) is 0 Å². The molecule has 1 rings (SSSR count). The first kappa shape index (κ1) is 21.4. The second-order valence-corrected chi connectivity index (χ2v) is 9.25. The number of aliphatic hydroxyl groups excluding tert-OH is 1. The van der Waals surface area contributed by atoms with Crippen molar-refractivity contribution >= 4 is 0 Å². The summed E-state index contributed by atoms with van der Waals surface area (Å²) in [6, 6.07) is 0. The normalized spacial score (nSPS) is 34.8. The maximum absolute atomic E-state index is 11.3. The van der Waals surface area contributed by atoms with E-state index in [9.17, 15) is 10.2 Å². The molecule has 1 aliphatic rings. The third-order valence-electron chi connectivity index (χ3n) is 4.97. The predicted octanol–water partition coefficient (Wildman–Crippen LogP) is 3.42. The largest absolute Gasteiger partial charge is 0.392 e. The van der Waals surface area contributed by atoms with Crippen LogP contribution in [0, 0.1) is 16.7 Å². The lowest BCUT2D eigenvalue weighted by atomic mass is 9.58. The van der Waals surface area contributed by atoms with Crippen LogP contribution in [0.3, 0.4) is 0 Å². The molecule has 3 N–H and O–H groups in total. The van der Waals surface area contributed by atoms with E-state index in [1.54, 1.807) is 6.08 Å². The molecular formula is C20H36O4. The van der Waals surface area contributed by atoms with Gasteiger partial charge in [0.2, 0.25) is 0 Å². The van der Waals surface area contributed by atoms with E-state index < -0.39 is 16.8 Å². The summed E-state index contributed by atoms with van der Waals surface area (Å²) in [6.45, 7) is 14.4. The average molecular weight is 341 g/mol. The minimum atomic E-state index is -1.22. The second kappa shape index (κ2) is 7.28. The molecule has 0 aliphatic heterocycles. The standard InChI is InChI=1S/C20H36O4/c1-15(9-11-21)8-10-20(23)16(2)12-19(22,13-18(20,6)7)24-14-17(3,4)5/h8-10,16,21-23H,11-14H2,1-7H3/b10-8+,15-9-. The van der Waals surface area contributed by atoms with Gasteiger partial charge in [-0.3, -0.25) is 0 Å². The van der Waals surface area contributed by atoms with E-state index in [-0.39, 0.29) is 17.9 Å². The van der Waals surface area contributed by atoms with Crippen LogP contribution in [0.25, 0.3) is 0 Å². The lowest BCUT2D eigenvalue weighted by Crippen LogP contribution is -2.59. The average Bonchev–Trinajstić information content (AvgIpc) is 2.40. The fourth-order valence-electron chi connectivity index (χ4n) is 3.53. The van der Waals surface area contributed by atoms with Crippen molar-refractivity contribution in [3.8, 4) is 0 Å². The van der Waals surface area contributed by atoms with Crippen molar-refractivity contribution in [3.05, 3.63) is 23.8 Å². The summed E-state index contributed by atoms with van der Waals surface area (Å²) in [5, 5.41) is 31.2. The van der Waals surface area contributed by atoms with Crippen LogP contribution in [0.5, 0.6) is 0 Å². The molecule has 0 aromatic heterocycles. The van der Waals surface area contributed by atoms with E-state index in [2.05, 4.69) is 20.8 Å². The summed E-state index contributed by atoms with van der Waals surface area (Å²) in [5.74, 6) is -1.38. The van der Waals surface area contributed by atoms with Crippen molar-refractivity contribution in [2.45, 2.75) is 72.7 Å². The lowest BCUT2D eigenvalue weighted by molar-refractivity contribution is -0.285. The number of ether oxygens (including phenoxy) is 1. The van der Waals surface area contributed by atoms with Crippen LogP contribution < -0.4 is 0 Å². The van der Waals surface area contributed by atoms with Gasteiger partial charge in [0, 0.05) is 18.3 Å².